The molecule has 0 aliphatic heterocycles. The number of aromatic nitrogens is 5. The zero-order chi connectivity index (χ0) is 13.4. The lowest BCUT2D eigenvalue weighted by Gasteiger charge is -2.01. The number of hydrogen-bond acceptors (Lipinski definition) is 5. The van der Waals surface area contributed by atoms with E-state index in [1.807, 2.05) is 13.8 Å². The molecule has 0 amide bonds. The number of hydrogen-bond donors (Lipinski definition) is 0. The molecule has 3 heterocycles. The summed E-state index contributed by atoms with van der Waals surface area (Å²) >= 11 is 0. The summed E-state index contributed by atoms with van der Waals surface area (Å²) in [4.78, 5) is 16.4. The van der Waals surface area contributed by atoms with Crippen LogP contribution in [0.15, 0.2) is 34.0 Å². The molecule has 0 aliphatic rings. The average molecular weight is 259 g/mol. The Morgan fingerprint density at radius 3 is 3.00 bits per heavy atom. The van der Waals surface area contributed by atoms with E-state index < -0.39 is 0 Å². The van der Waals surface area contributed by atoms with Gasteiger partial charge in [-0.1, -0.05) is 19.0 Å². The molecule has 0 saturated carbocycles. The standard InChI is InChI=1S/C12H13N5O2/c1-8(2)11-14-10(19-15-11)6-17-12(18)9-4-3-5-16(9)7-13-17/h3-5,7-8H,6H2,1-2H3. The van der Waals surface area contributed by atoms with Gasteiger partial charge < -0.3 is 8.92 Å². The zero-order valence-electron chi connectivity index (χ0n) is 10.6. The maximum atomic E-state index is 12.1. The van der Waals surface area contributed by atoms with Crippen LogP contribution in [0.4, 0.5) is 0 Å². The lowest BCUT2D eigenvalue weighted by molar-refractivity contribution is 0.357. The van der Waals surface area contributed by atoms with Crippen molar-refractivity contribution >= 4 is 5.52 Å². The van der Waals surface area contributed by atoms with Gasteiger partial charge in [-0.15, -0.1) is 0 Å². The molecule has 0 fully saturated rings. The van der Waals surface area contributed by atoms with E-state index in [9.17, 15) is 4.79 Å². The molecular formula is C12H13N5O2. The summed E-state index contributed by atoms with van der Waals surface area (Å²) in [6, 6.07) is 3.54. The summed E-state index contributed by atoms with van der Waals surface area (Å²) in [5, 5.41) is 7.93. The fourth-order valence-corrected chi connectivity index (χ4v) is 1.79. The van der Waals surface area contributed by atoms with Crippen molar-refractivity contribution in [3.05, 3.63) is 46.7 Å². The average Bonchev–Trinajstić information content (AvgIpc) is 3.01. The van der Waals surface area contributed by atoms with Crippen LogP contribution in [0.1, 0.15) is 31.5 Å². The third kappa shape index (κ3) is 2.03. The van der Waals surface area contributed by atoms with Gasteiger partial charge in [-0.25, -0.2) is 4.68 Å². The largest absolute Gasteiger partial charge is 0.337 e. The Labute approximate surface area is 108 Å². The summed E-state index contributed by atoms with van der Waals surface area (Å²) in [6.07, 6.45) is 3.36. The Kier molecular flexibility index (Phi) is 2.66. The van der Waals surface area contributed by atoms with Crippen molar-refractivity contribution in [2.45, 2.75) is 26.3 Å². The third-order valence-corrected chi connectivity index (χ3v) is 2.83. The van der Waals surface area contributed by atoms with E-state index in [-0.39, 0.29) is 18.0 Å². The Bertz CT molecular complexity index is 768. The molecule has 0 aliphatic carbocycles. The predicted molar refractivity (Wildman–Crippen MR) is 66.9 cm³/mol. The molecule has 3 aromatic heterocycles. The SMILES string of the molecule is CC(C)c1noc(Cn2ncn3cccc3c2=O)n1. The smallest absolute Gasteiger partial charge is 0.291 e. The molecule has 0 saturated heterocycles. The molecule has 7 nitrogen and oxygen atoms in total. The van der Waals surface area contributed by atoms with Gasteiger partial charge in [-0.3, -0.25) is 4.79 Å². The van der Waals surface area contributed by atoms with Gasteiger partial charge in [0.15, 0.2) is 5.82 Å². The van der Waals surface area contributed by atoms with Crippen molar-refractivity contribution in [2.24, 2.45) is 0 Å². The highest BCUT2D eigenvalue weighted by atomic mass is 16.5. The highest BCUT2D eigenvalue weighted by Gasteiger charge is 2.12. The van der Waals surface area contributed by atoms with Gasteiger partial charge in [0.1, 0.15) is 18.4 Å². The van der Waals surface area contributed by atoms with Crippen molar-refractivity contribution in [3.8, 4) is 0 Å². The van der Waals surface area contributed by atoms with Gasteiger partial charge in [0, 0.05) is 12.1 Å². The van der Waals surface area contributed by atoms with Gasteiger partial charge in [0.2, 0.25) is 5.89 Å². The lowest BCUT2D eigenvalue weighted by Crippen LogP contribution is -2.24. The highest BCUT2D eigenvalue weighted by molar-refractivity contribution is 5.44. The molecule has 0 spiro atoms. The van der Waals surface area contributed by atoms with Crippen LogP contribution in [-0.4, -0.2) is 24.3 Å². The maximum Gasteiger partial charge on any atom is 0.291 e. The van der Waals surface area contributed by atoms with Crippen LogP contribution in [0.2, 0.25) is 0 Å². The van der Waals surface area contributed by atoms with Crippen molar-refractivity contribution in [2.75, 3.05) is 0 Å². The topological polar surface area (TPSA) is 78.2 Å². The fraction of sp³-hybridized carbons (Fsp3) is 0.333. The molecule has 0 bridgehead atoms. The molecular weight excluding hydrogens is 246 g/mol. The van der Waals surface area contributed by atoms with E-state index in [4.69, 9.17) is 4.52 Å². The van der Waals surface area contributed by atoms with E-state index in [0.717, 1.165) is 0 Å². The van der Waals surface area contributed by atoms with E-state index in [1.165, 1.54) is 4.68 Å². The van der Waals surface area contributed by atoms with Crippen LogP contribution in [0.3, 0.4) is 0 Å². The second kappa shape index (κ2) is 4.34. The Balaban J connectivity index is 1.96. The van der Waals surface area contributed by atoms with Crippen molar-refractivity contribution in [3.63, 3.8) is 0 Å². The third-order valence-electron chi connectivity index (χ3n) is 2.83. The molecule has 0 radical (unpaired) electrons. The van der Waals surface area contributed by atoms with Gasteiger partial charge >= 0.3 is 0 Å². The Hall–Kier alpha value is -2.44. The Morgan fingerprint density at radius 2 is 2.26 bits per heavy atom. The molecule has 19 heavy (non-hydrogen) atoms. The van der Waals surface area contributed by atoms with Crippen molar-refractivity contribution < 1.29 is 4.52 Å². The number of fused-ring (bicyclic) bond motifs is 1. The number of rotatable bonds is 3. The summed E-state index contributed by atoms with van der Waals surface area (Å²) in [7, 11) is 0. The summed E-state index contributed by atoms with van der Waals surface area (Å²) in [6.45, 7) is 4.14. The van der Waals surface area contributed by atoms with E-state index in [0.29, 0.717) is 17.2 Å². The van der Waals surface area contributed by atoms with E-state index >= 15 is 0 Å². The summed E-state index contributed by atoms with van der Waals surface area (Å²) in [5.74, 6) is 1.20. The lowest BCUT2D eigenvalue weighted by atomic mass is 10.2. The summed E-state index contributed by atoms with van der Waals surface area (Å²) in [5.41, 5.74) is 0.385. The van der Waals surface area contributed by atoms with Gasteiger partial charge in [-0.2, -0.15) is 10.1 Å². The zero-order valence-corrected chi connectivity index (χ0v) is 10.6. The first-order valence-electron chi connectivity index (χ1n) is 6.00. The monoisotopic (exact) mass is 259 g/mol. The second-order valence-corrected chi connectivity index (χ2v) is 4.60. The predicted octanol–water partition coefficient (Wildman–Crippen LogP) is 1.05. The molecule has 98 valence electrons. The Morgan fingerprint density at radius 1 is 1.42 bits per heavy atom. The van der Waals surface area contributed by atoms with Crippen LogP contribution in [0.25, 0.3) is 5.52 Å². The summed E-state index contributed by atoms with van der Waals surface area (Å²) < 4.78 is 8.10. The molecule has 7 heteroatoms. The van der Waals surface area contributed by atoms with Crippen LogP contribution in [0, 0.1) is 0 Å². The first-order chi connectivity index (χ1) is 9.15. The molecule has 0 N–H and O–H groups in total. The highest BCUT2D eigenvalue weighted by Crippen LogP contribution is 2.09. The normalized spacial score (nSPS) is 11.5. The molecule has 0 atom stereocenters. The molecule has 0 aromatic carbocycles. The first-order valence-corrected chi connectivity index (χ1v) is 6.00. The van der Waals surface area contributed by atoms with Gasteiger partial charge in [0.25, 0.3) is 5.56 Å². The second-order valence-electron chi connectivity index (χ2n) is 4.60. The van der Waals surface area contributed by atoms with Crippen LogP contribution >= 0.6 is 0 Å². The molecule has 3 rings (SSSR count). The van der Waals surface area contributed by atoms with E-state index in [2.05, 4.69) is 15.2 Å². The van der Waals surface area contributed by atoms with Gasteiger partial charge in [0.05, 0.1) is 0 Å². The minimum Gasteiger partial charge on any atom is -0.337 e. The molecule has 0 unspecified atom stereocenters. The van der Waals surface area contributed by atoms with Crippen LogP contribution < -0.4 is 5.56 Å². The van der Waals surface area contributed by atoms with Crippen LogP contribution in [0.5, 0.6) is 0 Å². The van der Waals surface area contributed by atoms with Crippen molar-refractivity contribution in [1.29, 1.82) is 0 Å². The van der Waals surface area contributed by atoms with E-state index in [1.54, 1.807) is 29.1 Å². The fourth-order valence-electron chi connectivity index (χ4n) is 1.79. The minimum atomic E-state index is -0.184. The van der Waals surface area contributed by atoms with Gasteiger partial charge in [-0.05, 0) is 12.1 Å². The van der Waals surface area contributed by atoms with Crippen LogP contribution in [-0.2, 0) is 6.54 Å². The quantitative estimate of drug-likeness (QED) is 0.702. The molecule has 3 aromatic rings. The first kappa shape index (κ1) is 11.6. The van der Waals surface area contributed by atoms with Crippen molar-refractivity contribution in [1.82, 2.24) is 24.3 Å². The maximum absolute atomic E-state index is 12.1. The minimum absolute atomic E-state index is 0.181. The number of nitrogens with zero attached hydrogens (tertiary/aromatic N) is 5.